The fourth-order valence-electron chi connectivity index (χ4n) is 2.13. The van der Waals surface area contributed by atoms with Crippen molar-refractivity contribution in [1.29, 1.82) is 0 Å². The number of carbonyl (C=O) groups excluding carboxylic acids is 4. The van der Waals surface area contributed by atoms with Crippen LogP contribution in [0.5, 0.6) is 0 Å². The summed E-state index contributed by atoms with van der Waals surface area (Å²) in [6, 6.07) is 0. The summed E-state index contributed by atoms with van der Waals surface area (Å²) >= 11 is 0. The van der Waals surface area contributed by atoms with Crippen molar-refractivity contribution in [2.45, 2.75) is 6.42 Å². The van der Waals surface area contributed by atoms with Crippen molar-refractivity contribution in [3.8, 4) is 0 Å². The van der Waals surface area contributed by atoms with Gasteiger partial charge in [0.1, 0.15) is 0 Å². The highest BCUT2D eigenvalue weighted by atomic mass is 16.6. The molecule has 6 heteroatoms. The highest BCUT2D eigenvalue weighted by Crippen LogP contribution is 2.34. The number of hydrogen-bond donors (Lipinski definition) is 0. The SMILES string of the molecule is O=C1C=C(C2C=CC3=C(C2)C(=O)OC3=O)C(=O)O1. The lowest BCUT2D eigenvalue weighted by Gasteiger charge is -2.14. The van der Waals surface area contributed by atoms with Gasteiger partial charge < -0.3 is 9.47 Å². The molecule has 0 radical (unpaired) electrons. The van der Waals surface area contributed by atoms with Crippen LogP contribution in [-0.4, -0.2) is 23.9 Å². The largest absolute Gasteiger partial charge is 0.386 e. The van der Waals surface area contributed by atoms with E-state index in [0.29, 0.717) is 0 Å². The summed E-state index contributed by atoms with van der Waals surface area (Å²) in [5.41, 5.74) is 0.644. The van der Waals surface area contributed by atoms with Crippen molar-refractivity contribution in [3.05, 3.63) is 34.9 Å². The topological polar surface area (TPSA) is 86.7 Å². The summed E-state index contributed by atoms with van der Waals surface area (Å²) in [5.74, 6) is -3.24. The third-order valence-electron chi connectivity index (χ3n) is 3.00. The van der Waals surface area contributed by atoms with Gasteiger partial charge in [0.15, 0.2) is 0 Å². The maximum Gasteiger partial charge on any atom is 0.346 e. The molecule has 0 aromatic heterocycles. The van der Waals surface area contributed by atoms with Crippen LogP contribution in [0.1, 0.15) is 6.42 Å². The van der Waals surface area contributed by atoms with Crippen molar-refractivity contribution in [2.75, 3.05) is 0 Å². The molecular formula is C12H6O6. The fourth-order valence-corrected chi connectivity index (χ4v) is 2.13. The van der Waals surface area contributed by atoms with E-state index in [2.05, 4.69) is 9.47 Å². The predicted molar refractivity (Wildman–Crippen MR) is 54.6 cm³/mol. The molecule has 0 N–H and O–H groups in total. The van der Waals surface area contributed by atoms with Crippen LogP contribution in [0.25, 0.3) is 0 Å². The Bertz CT molecular complexity index is 604. The highest BCUT2D eigenvalue weighted by molar-refractivity contribution is 6.15. The lowest BCUT2D eigenvalue weighted by Crippen LogP contribution is -2.14. The minimum Gasteiger partial charge on any atom is -0.386 e. The summed E-state index contributed by atoms with van der Waals surface area (Å²) in [6.07, 6.45) is 4.29. The van der Waals surface area contributed by atoms with Gasteiger partial charge in [0.2, 0.25) is 0 Å². The lowest BCUT2D eigenvalue weighted by molar-refractivity contribution is -0.153. The Balaban J connectivity index is 1.92. The van der Waals surface area contributed by atoms with Crippen LogP contribution in [0.3, 0.4) is 0 Å². The number of esters is 4. The van der Waals surface area contributed by atoms with E-state index in [-0.39, 0.29) is 23.1 Å². The molecule has 0 aromatic carbocycles. The zero-order valence-corrected chi connectivity index (χ0v) is 8.97. The second-order valence-corrected chi connectivity index (χ2v) is 4.05. The Morgan fingerprint density at radius 2 is 1.78 bits per heavy atom. The second-order valence-electron chi connectivity index (χ2n) is 4.05. The van der Waals surface area contributed by atoms with Gasteiger partial charge in [-0.3, -0.25) is 0 Å². The van der Waals surface area contributed by atoms with E-state index in [0.717, 1.165) is 6.08 Å². The first-order valence-corrected chi connectivity index (χ1v) is 5.22. The first kappa shape index (κ1) is 10.6. The van der Waals surface area contributed by atoms with Gasteiger partial charge in [-0.2, -0.15) is 0 Å². The van der Waals surface area contributed by atoms with Crippen LogP contribution in [0.2, 0.25) is 0 Å². The normalized spacial score (nSPS) is 26.2. The van der Waals surface area contributed by atoms with E-state index in [4.69, 9.17) is 0 Å². The molecule has 90 valence electrons. The van der Waals surface area contributed by atoms with Gasteiger partial charge in [-0.15, -0.1) is 0 Å². The Labute approximate surface area is 101 Å². The van der Waals surface area contributed by atoms with Crippen molar-refractivity contribution < 1.29 is 28.7 Å². The van der Waals surface area contributed by atoms with Crippen LogP contribution < -0.4 is 0 Å². The molecule has 1 atom stereocenters. The summed E-state index contributed by atoms with van der Waals surface area (Å²) in [6.45, 7) is 0. The van der Waals surface area contributed by atoms with Gasteiger partial charge in [-0.25, -0.2) is 19.2 Å². The van der Waals surface area contributed by atoms with E-state index < -0.39 is 29.8 Å². The monoisotopic (exact) mass is 246 g/mol. The molecule has 0 aromatic rings. The second kappa shape index (κ2) is 3.49. The molecule has 0 saturated heterocycles. The molecule has 0 bridgehead atoms. The maximum atomic E-state index is 11.4. The molecule has 0 saturated carbocycles. The highest BCUT2D eigenvalue weighted by Gasteiger charge is 2.38. The van der Waals surface area contributed by atoms with Gasteiger partial charge in [0, 0.05) is 12.0 Å². The zero-order chi connectivity index (χ0) is 12.9. The van der Waals surface area contributed by atoms with E-state index in [1.165, 1.54) is 6.08 Å². The molecule has 2 aliphatic heterocycles. The standard InChI is InChI=1S/C12H6O6/c13-9-4-7(11(15)17-9)5-1-2-6-8(3-5)12(16)18-10(6)14/h1-2,4-5H,3H2. The van der Waals surface area contributed by atoms with Crippen LogP contribution in [0.4, 0.5) is 0 Å². The number of ether oxygens (including phenoxy) is 2. The third kappa shape index (κ3) is 1.42. The maximum absolute atomic E-state index is 11.4. The van der Waals surface area contributed by atoms with Gasteiger partial charge in [0.05, 0.1) is 16.7 Å². The lowest BCUT2D eigenvalue weighted by atomic mass is 9.86. The molecule has 3 aliphatic rings. The van der Waals surface area contributed by atoms with Crippen LogP contribution in [0, 0.1) is 5.92 Å². The van der Waals surface area contributed by atoms with Crippen molar-refractivity contribution >= 4 is 23.9 Å². The smallest absolute Gasteiger partial charge is 0.346 e. The number of carbonyl (C=O) groups is 4. The van der Waals surface area contributed by atoms with Crippen LogP contribution in [-0.2, 0) is 28.7 Å². The van der Waals surface area contributed by atoms with Crippen molar-refractivity contribution in [2.24, 2.45) is 5.92 Å². The summed E-state index contributed by atoms with van der Waals surface area (Å²) < 4.78 is 8.84. The number of allylic oxidation sites excluding steroid dienone is 1. The number of cyclic esters (lactones) is 4. The summed E-state index contributed by atoms with van der Waals surface area (Å²) in [5, 5.41) is 0. The summed E-state index contributed by atoms with van der Waals surface area (Å²) in [7, 11) is 0. The van der Waals surface area contributed by atoms with Crippen molar-refractivity contribution in [3.63, 3.8) is 0 Å². The zero-order valence-electron chi connectivity index (χ0n) is 8.97. The Kier molecular flexibility index (Phi) is 2.07. The number of rotatable bonds is 1. The van der Waals surface area contributed by atoms with E-state index in [1.54, 1.807) is 6.08 Å². The molecule has 0 amide bonds. The van der Waals surface area contributed by atoms with Gasteiger partial charge in [0.25, 0.3) is 0 Å². The average Bonchev–Trinajstić information content (AvgIpc) is 2.80. The first-order chi connectivity index (χ1) is 8.56. The Morgan fingerprint density at radius 3 is 2.44 bits per heavy atom. The molecule has 3 rings (SSSR count). The average molecular weight is 246 g/mol. The predicted octanol–water partition coefficient (Wildman–Crippen LogP) is -0.0477. The molecule has 6 nitrogen and oxygen atoms in total. The van der Waals surface area contributed by atoms with Gasteiger partial charge in [-0.1, -0.05) is 12.2 Å². The van der Waals surface area contributed by atoms with Crippen LogP contribution in [0.15, 0.2) is 34.9 Å². The summed E-state index contributed by atoms with van der Waals surface area (Å²) in [4.78, 5) is 45.0. The Morgan fingerprint density at radius 1 is 1.00 bits per heavy atom. The Hall–Kier alpha value is -2.50. The fraction of sp³-hybridized carbons (Fsp3) is 0.167. The van der Waals surface area contributed by atoms with E-state index in [9.17, 15) is 19.2 Å². The third-order valence-corrected chi connectivity index (χ3v) is 3.00. The van der Waals surface area contributed by atoms with Crippen molar-refractivity contribution in [1.82, 2.24) is 0 Å². The van der Waals surface area contributed by atoms with Crippen LogP contribution >= 0.6 is 0 Å². The minimum absolute atomic E-state index is 0.157. The molecule has 2 heterocycles. The minimum atomic E-state index is -0.715. The molecule has 0 spiro atoms. The molecule has 1 aliphatic carbocycles. The molecule has 18 heavy (non-hydrogen) atoms. The molecular weight excluding hydrogens is 240 g/mol. The quantitative estimate of drug-likeness (QED) is 0.476. The first-order valence-electron chi connectivity index (χ1n) is 5.22. The molecule has 1 unspecified atom stereocenters. The number of hydrogen-bond acceptors (Lipinski definition) is 6. The van der Waals surface area contributed by atoms with E-state index in [1.807, 2.05) is 0 Å². The molecule has 0 fully saturated rings. The van der Waals surface area contributed by atoms with E-state index >= 15 is 0 Å². The van der Waals surface area contributed by atoms with Gasteiger partial charge in [-0.05, 0) is 6.42 Å². The van der Waals surface area contributed by atoms with Gasteiger partial charge >= 0.3 is 23.9 Å².